The number of aldehydes is 1. The van der Waals surface area contributed by atoms with Gasteiger partial charge in [0.05, 0.1) is 0 Å². The Hall–Kier alpha value is -0.330. The van der Waals surface area contributed by atoms with Crippen molar-refractivity contribution in [2.45, 2.75) is 79.1 Å². The first-order valence-electron chi connectivity index (χ1n) is 7.66. The Morgan fingerprint density at radius 3 is 1.94 bits per heavy atom. The molecule has 0 fully saturated rings. The first-order chi connectivity index (χ1) is 8.21. The van der Waals surface area contributed by atoms with Crippen LogP contribution in [-0.2, 0) is 4.79 Å². The summed E-state index contributed by atoms with van der Waals surface area (Å²) in [5, 5.41) is 0. The molecule has 3 atom stereocenters. The monoisotopic (exact) mass is 240 g/mol. The van der Waals surface area contributed by atoms with Crippen molar-refractivity contribution >= 4 is 6.29 Å². The predicted molar refractivity (Wildman–Crippen MR) is 76.2 cm³/mol. The number of carbonyl (C=O) groups is 1. The molecule has 0 heterocycles. The number of hydrogen-bond donors (Lipinski definition) is 0. The molecule has 0 aromatic carbocycles. The Morgan fingerprint density at radius 1 is 0.882 bits per heavy atom. The van der Waals surface area contributed by atoms with Crippen molar-refractivity contribution in [3.05, 3.63) is 0 Å². The zero-order valence-corrected chi connectivity index (χ0v) is 12.4. The molecule has 0 aromatic heterocycles. The van der Waals surface area contributed by atoms with Crippen molar-refractivity contribution in [3.63, 3.8) is 0 Å². The molecule has 1 heteroatoms. The minimum Gasteiger partial charge on any atom is -0.303 e. The van der Waals surface area contributed by atoms with E-state index in [2.05, 4.69) is 27.7 Å². The van der Waals surface area contributed by atoms with Crippen LogP contribution >= 0.6 is 0 Å². The second-order valence-corrected chi connectivity index (χ2v) is 5.47. The zero-order chi connectivity index (χ0) is 13.1. The van der Waals surface area contributed by atoms with E-state index in [9.17, 15) is 4.79 Å². The second kappa shape index (κ2) is 10.8. The quantitative estimate of drug-likeness (QED) is 0.452. The van der Waals surface area contributed by atoms with Crippen molar-refractivity contribution in [3.8, 4) is 0 Å². The van der Waals surface area contributed by atoms with Crippen molar-refractivity contribution in [1.82, 2.24) is 0 Å². The van der Waals surface area contributed by atoms with Crippen molar-refractivity contribution < 1.29 is 4.79 Å². The van der Waals surface area contributed by atoms with E-state index < -0.39 is 0 Å². The smallest absolute Gasteiger partial charge is 0.123 e. The first-order valence-corrected chi connectivity index (χ1v) is 7.66. The average molecular weight is 240 g/mol. The van der Waals surface area contributed by atoms with Crippen molar-refractivity contribution in [2.24, 2.45) is 17.8 Å². The molecule has 3 unspecified atom stereocenters. The maximum atomic E-state index is 10.9. The number of rotatable bonds is 11. The summed E-state index contributed by atoms with van der Waals surface area (Å²) in [6, 6.07) is 0. The predicted octanol–water partition coefficient (Wildman–Crippen LogP) is 5.23. The van der Waals surface area contributed by atoms with Crippen LogP contribution in [0.4, 0.5) is 0 Å². The molecule has 0 aliphatic heterocycles. The van der Waals surface area contributed by atoms with Gasteiger partial charge in [-0.25, -0.2) is 0 Å². The highest BCUT2D eigenvalue weighted by Crippen LogP contribution is 2.28. The van der Waals surface area contributed by atoms with Gasteiger partial charge < -0.3 is 4.79 Å². The van der Waals surface area contributed by atoms with E-state index in [0.717, 1.165) is 31.0 Å². The average Bonchev–Trinajstić information content (AvgIpc) is 2.38. The molecule has 0 aromatic rings. The van der Waals surface area contributed by atoms with Crippen LogP contribution in [-0.4, -0.2) is 6.29 Å². The minimum absolute atomic E-state index is 0.295. The summed E-state index contributed by atoms with van der Waals surface area (Å²) < 4.78 is 0. The molecule has 1 nitrogen and oxygen atoms in total. The van der Waals surface area contributed by atoms with E-state index in [1.165, 1.54) is 38.5 Å². The summed E-state index contributed by atoms with van der Waals surface area (Å²) >= 11 is 0. The molecule has 0 N–H and O–H groups in total. The van der Waals surface area contributed by atoms with Gasteiger partial charge in [-0.2, -0.15) is 0 Å². The van der Waals surface area contributed by atoms with Gasteiger partial charge >= 0.3 is 0 Å². The van der Waals surface area contributed by atoms with Crippen LogP contribution in [0.2, 0.25) is 0 Å². The van der Waals surface area contributed by atoms with Gasteiger partial charge in [-0.3, -0.25) is 0 Å². The third-order valence-corrected chi connectivity index (χ3v) is 4.14. The maximum absolute atomic E-state index is 10.9. The lowest BCUT2D eigenvalue weighted by atomic mass is 9.82. The lowest BCUT2D eigenvalue weighted by molar-refractivity contribution is -0.111. The molecular formula is C16H32O. The first kappa shape index (κ1) is 16.7. The van der Waals surface area contributed by atoms with Crippen molar-refractivity contribution in [1.29, 1.82) is 0 Å². The Balaban J connectivity index is 4.10. The van der Waals surface area contributed by atoms with Gasteiger partial charge in [-0.15, -0.1) is 0 Å². The van der Waals surface area contributed by atoms with E-state index in [1.54, 1.807) is 0 Å². The van der Waals surface area contributed by atoms with Gasteiger partial charge in [0, 0.05) is 5.92 Å². The van der Waals surface area contributed by atoms with Gasteiger partial charge in [0.2, 0.25) is 0 Å². The van der Waals surface area contributed by atoms with Gasteiger partial charge in [0.25, 0.3) is 0 Å². The van der Waals surface area contributed by atoms with Gasteiger partial charge in [0.15, 0.2) is 0 Å². The molecule has 0 spiro atoms. The highest BCUT2D eigenvalue weighted by atomic mass is 16.1. The Labute approximate surface area is 108 Å². The van der Waals surface area contributed by atoms with Gasteiger partial charge in [-0.05, 0) is 31.1 Å². The van der Waals surface area contributed by atoms with Crippen LogP contribution < -0.4 is 0 Å². The second-order valence-electron chi connectivity index (χ2n) is 5.47. The minimum atomic E-state index is 0.295. The topological polar surface area (TPSA) is 17.1 Å². The Kier molecular flexibility index (Phi) is 10.6. The summed E-state index contributed by atoms with van der Waals surface area (Å²) in [4.78, 5) is 10.9. The maximum Gasteiger partial charge on any atom is 0.123 e. The fraction of sp³-hybridized carbons (Fsp3) is 0.938. The van der Waals surface area contributed by atoms with E-state index >= 15 is 0 Å². The summed E-state index contributed by atoms with van der Waals surface area (Å²) in [5.41, 5.74) is 0. The molecule has 0 saturated heterocycles. The summed E-state index contributed by atoms with van der Waals surface area (Å²) in [6.07, 6.45) is 11.2. The fourth-order valence-electron chi connectivity index (χ4n) is 2.63. The van der Waals surface area contributed by atoms with Crippen molar-refractivity contribution in [2.75, 3.05) is 0 Å². The van der Waals surface area contributed by atoms with E-state index in [4.69, 9.17) is 0 Å². The van der Waals surface area contributed by atoms with E-state index in [1.807, 2.05) is 0 Å². The fourth-order valence-corrected chi connectivity index (χ4v) is 2.63. The molecule has 0 saturated carbocycles. The normalized spacial score (nSPS) is 16.5. The molecule has 102 valence electrons. The van der Waals surface area contributed by atoms with Gasteiger partial charge in [-0.1, -0.05) is 59.8 Å². The number of carbonyl (C=O) groups excluding carboxylic acids is 1. The van der Waals surface area contributed by atoms with Crippen LogP contribution in [0.1, 0.15) is 79.1 Å². The molecule has 0 radical (unpaired) electrons. The summed E-state index contributed by atoms with van der Waals surface area (Å²) in [7, 11) is 0. The van der Waals surface area contributed by atoms with E-state index in [0.29, 0.717) is 5.92 Å². The van der Waals surface area contributed by atoms with E-state index in [-0.39, 0.29) is 0 Å². The highest BCUT2D eigenvalue weighted by molar-refractivity contribution is 5.53. The lowest BCUT2D eigenvalue weighted by Gasteiger charge is -2.23. The van der Waals surface area contributed by atoms with Gasteiger partial charge in [0.1, 0.15) is 6.29 Å². The van der Waals surface area contributed by atoms with Crippen LogP contribution in [0.15, 0.2) is 0 Å². The molecule has 0 aliphatic rings. The highest BCUT2D eigenvalue weighted by Gasteiger charge is 2.17. The number of unbranched alkanes of at least 4 members (excludes halogenated alkanes) is 1. The molecule has 0 rings (SSSR count). The summed E-state index contributed by atoms with van der Waals surface area (Å²) in [5.74, 6) is 1.93. The Morgan fingerprint density at radius 2 is 1.53 bits per heavy atom. The largest absolute Gasteiger partial charge is 0.303 e. The number of hydrogen-bond acceptors (Lipinski definition) is 1. The van der Waals surface area contributed by atoms with Crippen LogP contribution in [0.5, 0.6) is 0 Å². The van der Waals surface area contributed by atoms with Crippen LogP contribution in [0, 0.1) is 17.8 Å². The standard InChI is InChI=1S/C16H32O/c1-5-9-10-14(6-2)11-15(7-3)12-16(8-4)13-17/h13-16H,5-12H2,1-4H3. The SMILES string of the molecule is CCCCC(CC)CC(CC)CC(C=O)CC. The Bertz CT molecular complexity index is 176. The van der Waals surface area contributed by atoms with Crippen LogP contribution in [0.25, 0.3) is 0 Å². The lowest BCUT2D eigenvalue weighted by Crippen LogP contribution is -2.13. The summed E-state index contributed by atoms with van der Waals surface area (Å²) in [6.45, 7) is 8.97. The molecule has 0 bridgehead atoms. The molecular weight excluding hydrogens is 208 g/mol. The zero-order valence-electron chi connectivity index (χ0n) is 12.4. The molecule has 0 aliphatic carbocycles. The third kappa shape index (κ3) is 7.57. The molecule has 17 heavy (non-hydrogen) atoms. The van der Waals surface area contributed by atoms with Crippen LogP contribution in [0.3, 0.4) is 0 Å². The molecule has 0 amide bonds. The third-order valence-electron chi connectivity index (χ3n) is 4.14.